The van der Waals surface area contributed by atoms with Gasteiger partial charge >= 0.3 is 0 Å². The second-order valence-electron chi connectivity index (χ2n) is 7.32. The van der Waals surface area contributed by atoms with Crippen LogP contribution in [-0.2, 0) is 11.4 Å². The fraction of sp³-hybridized carbons (Fsp3) is 0.0370. The molecule has 1 aliphatic rings. The molecule has 5 heteroatoms. The topological polar surface area (TPSA) is 29.5 Å². The van der Waals surface area contributed by atoms with E-state index >= 15 is 0 Å². The molecule has 32 heavy (non-hydrogen) atoms. The predicted molar refractivity (Wildman–Crippen MR) is 137 cm³/mol. The van der Waals surface area contributed by atoms with Gasteiger partial charge in [0.25, 0.3) is 5.91 Å². The van der Waals surface area contributed by atoms with Crippen LogP contribution >= 0.6 is 24.0 Å². The summed E-state index contributed by atoms with van der Waals surface area (Å²) in [5.74, 6) is 0.612. The van der Waals surface area contributed by atoms with E-state index in [-0.39, 0.29) is 5.91 Å². The number of rotatable bonds is 5. The monoisotopic (exact) mass is 453 g/mol. The van der Waals surface area contributed by atoms with Gasteiger partial charge in [0.2, 0.25) is 0 Å². The molecule has 1 heterocycles. The third-order valence-corrected chi connectivity index (χ3v) is 6.58. The molecule has 1 aliphatic heterocycles. The van der Waals surface area contributed by atoms with E-state index in [1.54, 1.807) is 4.90 Å². The lowest BCUT2D eigenvalue weighted by atomic mass is 10.1. The van der Waals surface area contributed by atoms with E-state index in [4.69, 9.17) is 17.0 Å². The van der Waals surface area contributed by atoms with E-state index in [0.717, 1.165) is 22.6 Å². The SMILES string of the molecule is O=C1/C(=C\c2ccccc2OCc2cccc3ccccc23)SC(=S)N1c1ccccc1. The van der Waals surface area contributed by atoms with Crippen molar-refractivity contribution in [3.05, 3.63) is 113 Å². The first-order valence-electron chi connectivity index (χ1n) is 10.2. The smallest absolute Gasteiger partial charge is 0.270 e. The standard InChI is InChI=1S/C27H19NO2S2/c29-26-25(32-27(31)28(26)22-13-2-1-3-14-22)17-20-10-5-7-16-24(20)30-18-21-12-8-11-19-9-4-6-15-23(19)21/h1-17H,18H2/b25-17+. The minimum absolute atomic E-state index is 0.116. The van der Waals surface area contributed by atoms with Crippen molar-refractivity contribution in [2.45, 2.75) is 6.61 Å². The zero-order valence-electron chi connectivity index (χ0n) is 17.1. The van der Waals surface area contributed by atoms with Gasteiger partial charge < -0.3 is 4.74 Å². The summed E-state index contributed by atoms with van der Waals surface area (Å²) >= 11 is 6.79. The van der Waals surface area contributed by atoms with Gasteiger partial charge in [-0.1, -0.05) is 103 Å². The maximum absolute atomic E-state index is 13.1. The third kappa shape index (κ3) is 4.05. The first-order valence-corrected chi connectivity index (χ1v) is 11.4. The number of anilines is 1. The lowest BCUT2D eigenvalue weighted by Crippen LogP contribution is -2.27. The normalized spacial score (nSPS) is 15.0. The molecule has 1 fully saturated rings. The summed E-state index contributed by atoms with van der Waals surface area (Å²) in [7, 11) is 0. The van der Waals surface area contributed by atoms with Gasteiger partial charge in [-0.15, -0.1) is 0 Å². The van der Waals surface area contributed by atoms with Crippen LogP contribution in [0.3, 0.4) is 0 Å². The quantitative estimate of drug-likeness (QED) is 0.245. The number of carbonyl (C=O) groups excluding carboxylic acids is 1. The summed E-state index contributed by atoms with van der Waals surface area (Å²) in [5.41, 5.74) is 2.74. The molecule has 4 aromatic rings. The average Bonchev–Trinajstić information content (AvgIpc) is 3.11. The zero-order valence-corrected chi connectivity index (χ0v) is 18.7. The van der Waals surface area contributed by atoms with E-state index < -0.39 is 0 Å². The number of benzene rings is 4. The summed E-state index contributed by atoms with van der Waals surface area (Å²) in [6.45, 7) is 0.442. The van der Waals surface area contributed by atoms with E-state index in [9.17, 15) is 4.79 Å². The molecule has 4 aromatic carbocycles. The van der Waals surface area contributed by atoms with Crippen molar-refractivity contribution in [3.63, 3.8) is 0 Å². The van der Waals surface area contributed by atoms with E-state index in [0.29, 0.717) is 15.8 Å². The molecule has 0 N–H and O–H groups in total. The molecule has 1 amide bonds. The Hall–Kier alpha value is -3.41. The predicted octanol–water partition coefficient (Wildman–Crippen LogP) is 6.82. The summed E-state index contributed by atoms with van der Waals surface area (Å²) in [4.78, 5) is 15.2. The number of para-hydroxylation sites is 2. The number of hydrogen-bond donors (Lipinski definition) is 0. The molecule has 0 bridgehead atoms. The van der Waals surface area contributed by atoms with Crippen LogP contribution in [0.2, 0.25) is 0 Å². The molecular formula is C27H19NO2S2. The maximum atomic E-state index is 13.1. The van der Waals surface area contributed by atoms with Crippen LogP contribution in [0.1, 0.15) is 11.1 Å². The van der Waals surface area contributed by atoms with Crippen molar-refractivity contribution in [2.75, 3.05) is 4.90 Å². The molecule has 1 saturated heterocycles. The highest BCUT2D eigenvalue weighted by Crippen LogP contribution is 2.37. The van der Waals surface area contributed by atoms with Crippen LogP contribution in [0, 0.1) is 0 Å². The molecule has 156 valence electrons. The van der Waals surface area contributed by atoms with Crippen LogP contribution in [0.4, 0.5) is 5.69 Å². The number of nitrogens with zero attached hydrogens (tertiary/aromatic N) is 1. The number of fused-ring (bicyclic) bond motifs is 1. The Balaban J connectivity index is 1.41. The molecule has 0 unspecified atom stereocenters. The van der Waals surface area contributed by atoms with Crippen molar-refractivity contribution in [1.29, 1.82) is 0 Å². The van der Waals surface area contributed by atoms with Crippen LogP contribution in [0.5, 0.6) is 5.75 Å². The highest BCUT2D eigenvalue weighted by atomic mass is 32.2. The molecule has 0 atom stereocenters. The number of thioether (sulfide) groups is 1. The molecule has 0 aromatic heterocycles. The Morgan fingerprint density at radius 1 is 0.844 bits per heavy atom. The number of hydrogen-bond acceptors (Lipinski definition) is 4. The van der Waals surface area contributed by atoms with E-state index in [1.807, 2.05) is 78.9 Å². The molecule has 0 spiro atoms. The first-order chi connectivity index (χ1) is 15.7. The fourth-order valence-corrected chi connectivity index (χ4v) is 5.00. The molecule has 0 aliphatic carbocycles. The van der Waals surface area contributed by atoms with Gasteiger partial charge in [0.05, 0.1) is 10.6 Å². The van der Waals surface area contributed by atoms with Gasteiger partial charge in [-0.25, -0.2) is 0 Å². The maximum Gasteiger partial charge on any atom is 0.270 e. The van der Waals surface area contributed by atoms with Gasteiger partial charge in [0, 0.05) is 5.56 Å². The number of amides is 1. The van der Waals surface area contributed by atoms with Crippen molar-refractivity contribution < 1.29 is 9.53 Å². The molecule has 0 radical (unpaired) electrons. The van der Waals surface area contributed by atoms with E-state index in [1.165, 1.54) is 22.5 Å². The Morgan fingerprint density at radius 3 is 2.44 bits per heavy atom. The molecule has 3 nitrogen and oxygen atoms in total. The lowest BCUT2D eigenvalue weighted by molar-refractivity contribution is -0.113. The van der Waals surface area contributed by atoms with Gasteiger partial charge in [-0.05, 0) is 40.6 Å². The second-order valence-corrected chi connectivity index (χ2v) is 8.99. The van der Waals surface area contributed by atoms with Crippen molar-refractivity contribution in [1.82, 2.24) is 0 Å². The summed E-state index contributed by atoms with van der Waals surface area (Å²) < 4.78 is 6.73. The zero-order chi connectivity index (χ0) is 21.9. The number of ether oxygens (including phenoxy) is 1. The summed E-state index contributed by atoms with van der Waals surface area (Å²) in [5, 5.41) is 2.36. The van der Waals surface area contributed by atoms with Crippen molar-refractivity contribution in [2.24, 2.45) is 0 Å². The molecule has 5 rings (SSSR count). The lowest BCUT2D eigenvalue weighted by Gasteiger charge is -2.14. The van der Waals surface area contributed by atoms with Gasteiger partial charge in [0.15, 0.2) is 4.32 Å². The van der Waals surface area contributed by atoms with Crippen molar-refractivity contribution in [3.8, 4) is 5.75 Å². The van der Waals surface area contributed by atoms with Gasteiger partial charge in [-0.3, -0.25) is 9.69 Å². The fourth-order valence-electron chi connectivity index (χ4n) is 3.71. The third-order valence-electron chi connectivity index (χ3n) is 5.28. The Bertz CT molecular complexity index is 1340. The largest absolute Gasteiger partial charge is 0.488 e. The molecule has 0 saturated carbocycles. The minimum Gasteiger partial charge on any atom is -0.488 e. The van der Waals surface area contributed by atoms with E-state index in [2.05, 4.69) is 24.3 Å². The molecular weight excluding hydrogens is 434 g/mol. The number of carbonyl (C=O) groups is 1. The van der Waals surface area contributed by atoms with Gasteiger partial charge in [-0.2, -0.15) is 0 Å². The van der Waals surface area contributed by atoms with Crippen molar-refractivity contribution >= 4 is 56.7 Å². The van der Waals surface area contributed by atoms with Crippen LogP contribution in [0.15, 0.2) is 102 Å². The Morgan fingerprint density at radius 2 is 1.56 bits per heavy atom. The Labute approximate surface area is 196 Å². The highest BCUT2D eigenvalue weighted by molar-refractivity contribution is 8.27. The van der Waals surface area contributed by atoms with Gasteiger partial charge in [0.1, 0.15) is 12.4 Å². The summed E-state index contributed by atoms with van der Waals surface area (Å²) in [6.07, 6.45) is 1.86. The Kier molecular flexibility index (Phi) is 5.75. The number of thiocarbonyl (C=S) groups is 1. The van der Waals surface area contributed by atoms with Crippen LogP contribution < -0.4 is 9.64 Å². The van der Waals surface area contributed by atoms with Crippen LogP contribution in [-0.4, -0.2) is 10.2 Å². The minimum atomic E-state index is -0.116. The first kappa shape index (κ1) is 20.5. The van der Waals surface area contributed by atoms with Crippen LogP contribution in [0.25, 0.3) is 16.8 Å². The second kappa shape index (κ2) is 8.99. The average molecular weight is 454 g/mol. The highest BCUT2D eigenvalue weighted by Gasteiger charge is 2.33. The summed E-state index contributed by atoms with van der Waals surface area (Å²) in [6, 6.07) is 31.7.